The van der Waals surface area contributed by atoms with Crippen molar-refractivity contribution in [1.29, 1.82) is 0 Å². The Bertz CT molecular complexity index is 281. The molecule has 7 heteroatoms. The van der Waals surface area contributed by atoms with Gasteiger partial charge in [0, 0.05) is 6.08 Å². The van der Waals surface area contributed by atoms with E-state index >= 15 is 0 Å². The van der Waals surface area contributed by atoms with E-state index in [4.69, 9.17) is 28.4 Å². The lowest BCUT2D eigenvalue weighted by atomic mass is 10.6. The molecule has 0 aromatic rings. The predicted octanol–water partition coefficient (Wildman–Crippen LogP) is 0.942. The highest BCUT2D eigenvalue weighted by atomic mass is 16.6. The minimum atomic E-state index is -0.450. The number of carbonyl (C=O) groups excluding carboxylic acids is 1. The summed E-state index contributed by atoms with van der Waals surface area (Å²) < 4.78 is 30.7. The van der Waals surface area contributed by atoms with Crippen LogP contribution in [0.2, 0.25) is 0 Å². The van der Waals surface area contributed by atoms with Crippen molar-refractivity contribution < 1.29 is 33.2 Å². The Balaban J connectivity index is 3.01. The van der Waals surface area contributed by atoms with Crippen molar-refractivity contribution in [3.05, 3.63) is 25.5 Å². The van der Waals surface area contributed by atoms with Crippen molar-refractivity contribution in [2.75, 3.05) is 66.1 Å². The molecule has 0 amide bonds. The van der Waals surface area contributed by atoms with E-state index in [0.717, 1.165) is 6.08 Å². The Hall–Kier alpha value is -1.41. The minimum absolute atomic E-state index is 0.214. The Kier molecular flexibility index (Phi) is 16.5. The fourth-order valence-electron chi connectivity index (χ4n) is 1.21. The van der Waals surface area contributed by atoms with Crippen LogP contribution in [0.15, 0.2) is 25.5 Å². The monoisotopic (exact) mass is 318 g/mol. The van der Waals surface area contributed by atoms with E-state index in [0.29, 0.717) is 59.5 Å². The molecule has 0 radical (unpaired) electrons. The van der Waals surface area contributed by atoms with Crippen LogP contribution in [0.25, 0.3) is 0 Å². The zero-order valence-electron chi connectivity index (χ0n) is 13.0. The molecule has 0 heterocycles. The summed E-state index contributed by atoms with van der Waals surface area (Å²) in [6.45, 7) is 11.2. The minimum Gasteiger partial charge on any atom is -0.499 e. The Morgan fingerprint density at radius 1 is 0.682 bits per heavy atom. The van der Waals surface area contributed by atoms with Crippen molar-refractivity contribution in [3.63, 3.8) is 0 Å². The third-order valence-electron chi connectivity index (χ3n) is 2.22. The first kappa shape index (κ1) is 20.6. The summed E-state index contributed by atoms with van der Waals surface area (Å²) in [6.07, 6.45) is 2.50. The van der Waals surface area contributed by atoms with Gasteiger partial charge in [-0.1, -0.05) is 13.2 Å². The first-order chi connectivity index (χ1) is 10.8. The van der Waals surface area contributed by atoms with Crippen molar-refractivity contribution in [2.45, 2.75) is 0 Å². The Morgan fingerprint density at radius 2 is 1.09 bits per heavy atom. The lowest BCUT2D eigenvalue weighted by molar-refractivity contribution is -0.139. The molecule has 0 fully saturated rings. The van der Waals surface area contributed by atoms with Crippen LogP contribution in [0, 0.1) is 0 Å². The molecule has 0 aliphatic carbocycles. The maximum Gasteiger partial charge on any atom is 0.330 e. The molecule has 0 saturated heterocycles. The standard InChI is InChI=1S/C15H26O7/c1-3-15(16)22-14-13-21-12-11-20-10-9-19-8-7-18-6-5-17-4-2/h3-4H,1-2,5-14H2. The number of rotatable bonds is 17. The quantitative estimate of drug-likeness (QED) is 0.171. The number of carbonyl (C=O) groups is 1. The van der Waals surface area contributed by atoms with E-state index in [1.165, 1.54) is 6.26 Å². The topological polar surface area (TPSA) is 72.5 Å². The number of esters is 1. The van der Waals surface area contributed by atoms with Crippen LogP contribution in [-0.2, 0) is 33.2 Å². The zero-order chi connectivity index (χ0) is 16.3. The van der Waals surface area contributed by atoms with Crippen LogP contribution in [0.5, 0.6) is 0 Å². The molecular weight excluding hydrogens is 292 g/mol. The molecule has 0 aliphatic rings. The van der Waals surface area contributed by atoms with Gasteiger partial charge in [0.05, 0.1) is 59.1 Å². The lowest BCUT2D eigenvalue weighted by Crippen LogP contribution is -2.14. The average molecular weight is 318 g/mol. The molecule has 0 aromatic carbocycles. The molecule has 0 rings (SSSR count). The molecule has 0 aliphatic heterocycles. The molecule has 0 atom stereocenters. The van der Waals surface area contributed by atoms with E-state index in [-0.39, 0.29) is 6.61 Å². The van der Waals surface area contributed by atoms with Crippen LogP contribution in [0.3, 0.4) is 0 Å². The van der Waals surface area contributed by atoms with Crippen LogP contribution < -0.4 is 0 Å². The van der Waals surface area contributed by atoms with Gasteiger partial charge in [-0.2, -0.15) is 0 Å². The van der Waals surface area contributed by atoms with Gasteiger partial charge in [-0.25, -0.2) is 4.79 Å². The Morgan fingerprint density at radius 3 is 1.50 bits per heavy atom. The third-order valence-corrected chi connectivity index (χ3v) is 2.22. The van der Waals surface area contributed by atoms with Gasteiger partial charge in [0.2, 0.25) is 0 Å². The fraction of sp³-hybridized carbons (Fsp3) is 0.667. The second-order valence-electron chi connectivity index (χ2n) is 3.86. The highest BCUT2D eigenvalue weighted by molar-refractivity contribution is 5.81. The van der Waals surface area contributed by atoms with Crippen LogP contribution in [0.4, 0.5) is 0 Å². The van der Waals surface area contributed by atoms with Crippen molar-refractivity contribution in [2.24, 2.45) is 0 Å². The summed E-state index contributed by atoms with van der Waals surface area (Å²) in [7, 11) is 0. The molecule has 128 valence electrons. The second-order valence-corrected chi connectivity index (χ2v) is 3.86. The molecule has 22 heavy (non-hydrogen) atoms. The second kappa shape index (κ2) is 17.6. The number of hydrogen-bond acceptors (Lipinski definition) is 7. The maximum absolute atomic E-state index is 10.7. The summed E-state index contributed by atoms with van der Waals surface area (Å²) in [6, 6.07) is 0. The van der Waals surface area contributed by atoms with Gasteiger partial charge in [-0.15, -0.1) is 0 Å². The molecule has 0 unspecified atom stereocenters. The SMILES string of the molecule is C=COCCOCCOCCOCCOCCOC(=O)C=C. The fourth-order valence-corrected chi connectivity index (χ4v) is 1.21. The third kappa shape index (κ3) is 16.6. The summed E-state index contributed by atoms with van der Waals surface area (Å²) in [5, 5.41) is 0. The van der Waals surface area contributed by atoms with Gasteiger partial charge in [0.15, 0.2) is 0 Å². The first-order valence-corrected chi connectivity index (χ1v) is 7.14. The van der Waals surface area contributed by atoms with Crippen LogP contribution in [0.1, 0.15) is 0 Å². The van der Waals surface area contributed by atoms with Gasteiger partial charge >= 0.3 is 5.97 Å². The van der Waals surface area contributed by atoms with Gasteiger partial charge in [0.1, 0.15) is 13.2 Å². The van der Waals surface area contributed by atoms with Gasteiger partial charge in [0.25, 0.3) is 0 Å². The van der Waals surface area contributed by atoms with Gasteiger partial charge in [-0.05, 0) is 0 Å². The molecular formula is C15H26O7. The molecule has 0 saturated carbocycles. The Labute approximate surface area is 131 Å². The first-order valence-electron chi connectivity index (χ1n) is 7.14. The van der Waals surface area contributed by atoms with E-state index < -0.39 is 5.97 Å². The highest BCUT2D eigenvalue weighted by Gasteiger charge is 1.95. The predicted molar refractivity (Wildman–Crippen MR) is 80.6 cm³/mol. The normalized spacial score (nSPS) is 10.2. The number of ether oxygens (including phenoxy) is 6. The molecule has 7 nitrogen and oxygen atoms in total. The van der Waals surface area contributed by atoms with E-state index in [1.54, 1.807) is 0 Å². The molecule has 0 spiro atoms. The van der Waals surface area contributed by atoms with Crippen LogP contribution in [-0.4, -0.2) is 72.0 Å². The summed E-state index contributed by atoms with van der Waals surface area (Å²) in [5.74, 6) is -0.450. The van der Waals surface area contributed by atoms with E-state index in [2.05, 4.69) is 13.2 Å². The van der Waals surface area contributed by atoms with Crippen molar-refractivity contribution in [1.82, 2.24) is 0 Å². The highest BCUT2D eigenvalue weighted by Crippen LogP contribution is 1.85. The van der Waals surface area contributed by atoms with Gasteiger partial charge in [-0.3, -0.25) is 0 Å². The lowest BCUT2D eigenvalue weighted by Gasteiger charge is -2.07. The maximum atomic E-state index is 10.7. The summed E-state index contributed by atoms with van der Waals surface area (Å²) in [5.41, 5.74) is 0. The van der Waals surface area contributed by atoms with Crippen LogP contribution >= 0.6 is 0 Å². The average Bonchev–Trinajstić information content (AvgIpc) is 2.54. The van der Waals surface area contributed by atoms with E-state index in [9.17, 15) is 4.79 Å². The largest absolute Gasteiger partial charge is 0.499 e. The van der Waals surface area contributed by atoms with Crippen molar-refractivity contribution in [3.8, 4) is 0 Å². The summed E-state index contributed by atoms with van der Waals surface area (Å²) in [4.78, 5) is 10.7. The number of hydrogen-bond donors (Lipinski definition) is 0. The van der Waals surface area contributed by atoms with Gasteiger partial charge < -0.3 is 28.4 Å². The van der Waals surface area contributed by atoms with Crippen molar-refractivity contribution >= 4 is 5.97 Å². The van der Waals surface area contributed by atoms with E-state index in [1.807, 2.05) is 0 Å². The smallest absolute Gasteiger partial charge is 0.330 e. The zero-order valence-corrected chi connectivity index (χ0v) is 13.0. The molecule has 0 aromatic heterocycles. The molecule has 0 N–H and O–H groups in total. The summed E-state index contributed by atoms with van der Waals surface area (Å²) >= 11 is 0. The molecule has 0 bridgehead atoms.